The molecule has 4 aromatic heterocycles. The Bertz CT molecular complexity index is 1930. The SMILES string of the molecule is C=C(Br)C(=O)Nc1cc(C)[nH]c1C(=O)Nc1c[nH]c(C(=O)Nc2c[nH]c(C(=O)Nc3nc(C(=O)NCCC(N)=O)[nH]c3C)c2C)c1C. The van der Waals surface area contributed by atoms with Gasteiger partial charge in [-0.25, -0.2) is 4.98 Å². The van der Waals surface area contributed by atoms with Gasteiger partial charge in [0, 0.05) is 42.2 Å². The van der Waals surface area contributed by atoms with E-state index in [1.54, 1.807) is 33.8 Å². The molecule has 0 radical (unpaired) electrons. The molecule has 0 fully saturated rings. The molecular weight excluding hydrogens is 678 g/mol. The van der Waals surface area contributed by atoms with E-state index in [1.165, 1.54) is 12.4 Å². The van der Waals surface area contributed by atoms with Gasteiger partial charge in [0.2, 0.25) is 5.91 Å². The molecule has 4 aromatic rings. The molecule has 0 spiro atoms. The Morgan fingerprint density at radius 1 is 0.787 bits per heavy atom. The molecule has 0 aliphatic rings. The van der Waals surface area contributed by atoms with Gasteiger partial charge in [-0.2, -0.15) is 0 Å². The van der Waals surface area contributed by atoms with Crippen molar-refractivity contribution < 1.29 is 28.8 Å². The van der Waals surface area contributed by atoms with Gasteiger partial charge in [-0.05, 0) is 49.7 Å². The predicted molar refractivity (Wildman–Crippen MR) is 177 cm³/mol. The van der Waals surface area contributed by atoms with Gasteiger partial charge in [0.15, 0.2) is 11.6 Å². The molecule has 4 rings (SSSR count). The van der Waals surface area contributed by atoms with Crippen molar-refractivity contribution in [3.05, 3.63) is 74.9 Å². The highest BCUT2D eigenvalue weighted by Gasteiger charge is 2.23. The first kappa shape index (κ1) is 34.0. The van der Waals surface area contributed by atoms with E-state index in [-0.39, 0.29) is 51.9 Å². The molecule has 4 heterocycles. The number of anilines is 4. The molecule has 0 saturated heterocycles. The summed E-state index contributed by atoms with van der Waals surface area (Å²) >= 11 is 3.00. The van der Waals surface area contributed by atoms with E-state index in [1.807, 2.05) is 0 Å². The number of primary amides is 1. The number of aromatic nitrogens is 5. The van der Waals surface area contributed by atoms with Crippen molar-refractivity contribution >= 4 is 74.3 Å². The summed E-state index contributed by atoms with van der Waals surface area (Å²) in [6.07, 6.45) is 2.87. The second kappa shape index (κ2) is 14.0. The number of aromatic amines is 4. The zero-order valence-corrected chi connectivity index (χ0v) is 27.3. The number of halogens is 1. The summed E-state index contributed by atoms with van der Waals surface area (Å²) in [5, 5.41) is 13.2. The lowest BCUT2D eigenvalue weighted by atomic mass is 10.2. The maximum absolute atomic E-state index is 13.2. The average molecular weight is 711 g/mol. The summed E-state index contributed by atoms with van der Waals surface area (Å²) in [5.41, 5.74) is 8.30. The third kappa shape index (κ3) is 7.85. The van der Waals surface area contributed by atoms with E-state index >= 15 is 0 Å². The number of imidazole rings is 1. The molecule has 0 atom stereocenters. The normalized spacial score (nSPS) is 10.7. The van der Waals surface area contributed by atoms with Crippen LogP contribution in [-0.2, 0) is 9.59 Å². The molecule has 0 aliphatic heterocycles. The number of rotatable bonds is 12. The molecule has 0 aliphatic carbocycles. The molecule has 47 heavy (non-hydrogen) atoms. The minimum absolute atomic E-state index is 0.0348. The van der Waals surface area contributed by atoms with Crippen LogP contribution in [0.3, 0.4) is 0 Å². The van der Waals surface area contributed by atoms with Crippen LogP contribution in [0.4, 0.5) is 22.9 Å². The van der Waals surface area contributed by atoms with Crippen LogP contribution >= 0.6 is 15.9 Å². The van der Waals surface area contributed by atoms with Crippen LogP contribution < -0.4 is 32.3 Å². The summed E-state index contributed by atoms with van der Waals surface area (Å²) in [5.74, 6) is -3.26. The number of hydrogen-bond acceptors (Lipinski definition) is 7. The molecular formula is C29H32BrN11O6. The van der Waals surface area contributed by atoms with Crippen molar-refractivity contribution in [1.82, 2.24) is 30.2 Å². The molecule has 17 nitrogen and oxygen atoms in total. The number of H-pyrrole nitrogens is 4. The lowest BCUT2D eigenvalue weighted by Gasteiger charge is -2.08. The second-order valence-electron chi connectivity index (χ2n) is 10.4. The zero-order chi connectivity index (χ0) is 34.6. The van der Waals surface area contributed by atoms with Gasteiger partial charge in [-0.15, -0.1) is 0 Å². The number of carbonyl (C=O) groups excluding carboxylic acids is 6. The van der Waals surface area contributed by atoms with E-state index < -0.39 is 35.4 Å². The highest BCUT2D eigenvalue weighted by molar-refractivity contribution is 9.12. The average Bonchev–Trinajstić information content (AvgIpc) is 3.75. The van der Waals surface area contributed by atoms with Gasteiger partial charge in [0.05, 0.1) is 27.2 Å². The third-order valence-electron chi connectivity index (χ3n) is 6.89. The highest BCUT2D eigenvalue weighted by atomic mass is 79.9. The van der Waals surface area contributed by atoms with Crippen molar-refractivity contribution in [1.29, 1.82) is 0 Å². The lowest BCUT2D eigenvalue weighted by molar-refractivity contribution is -0.118. The number of nitrogens with two attached hydrogens (primary N) is 1. The first-order valence-corrected chi connectivity index (χ1v) is 14.7. The summed E-state index contributed by atoms with van der Waals surface area (Å²) in [4.78, 5) is 90.0. The van der Waals surface area contributed by atoms with Gasteiger partial charge in [0.25, 0.3) is 29.5 Å². The van der Waals surface area contributed by atoms with Crippen LogP contribution in [0.2, 0.25) is 0 Å². The van der Waals surface area contributed by atoms with E-state index in [9.17, 15) is 28.8 Å². The maximum atomic E-state index is 13.2. The standard InChI is InChI=1S/C29H32BrN11O6/c1-11-8-16(37-25(43)14(4)30)22(35-11)28(46)39-18-10-33-20(12(18)2)26(44)38-17-9-34-21(13(17)3)27(45)41-23-15(5)36-24(40-23)29(47)32-7-6-19(31)42/h8-10,33-35H,4,6-7H2,1-3,5H3,(H2,31,42)(H,32,47)(H,36,40)(H,37,43)(H,38,44)(H,39,46)(H,41,45). The molecule has 0 unspecified atom stereocenters. The number of carbonyl (C=O) groups is 6. The smallest absolute Gasteiger partial charge is 0.287 e. The van der Waals surface area contributed by atoms with E-state index in [2.05, 4.69) is 74.0 Å². The zero-order valence-electron chi connectivity index (χ0n) is 25.7. The Morgan fingerprint density at radius 2 is 1.34 bits per heavy atom. The molecule has 0 saturated carbocycles. The fourth-order valence-electron chi connectivity index (χ4n) is 4.39. The van der Waals surface area contributed by atoms with Crippen LogP contribution in [0, 0.1) is 27.7 Å². The maximum Gasteiger partial charge on any atom is 0.287 e. The Kier molecular flexibility index (Phi) is 10.1. The van der Waals surface area contributed by atoms with Gasteiger partial charge in [-0.1, -0.05) is 6.58 Å². The summed E-state index contributed by atoms with van der Waals surface area (Å²) < 4.78 is 0.0913. The van der Waals surface area contributed by atoms with E-state index in [0.29, 0.717) is 33.9 Å². The molecule has 11 N–H and O–H groups in total. The number of nitrogens with zero attached hydrogens (tertiary/aromatic N) is 1. The quantitative estimate of drug-likeness (QED) is 0.0982. The molecule has 246 valence electrons. The third-order valence-corrected chi connectivity index (χ3v) is 7.25. The van der Waals surface area contributed by atoms with Crippen LogP contribution in [0.5, 0.6) is 0 Å². The van der Waals surface area contributed by atoms with Crippen molar-refractivity contribution in [3.63, 3.8) is 0 Å². The second-order valence-corrected chi connectivity index (χ2v) is 11.4. The number of nitrogens with one attached hydrogen (secondary N) is 9. The van der Waals surface area contributed by atoms with Crippen LogP contribution in [0.15, 0.2) is 29.5 Å². The van der Waals surface area contributed by atoms with Crippen molar-refractivity contribution in [2.24, 2.45) is 5.73 Å². The minimum Gasteiger partial charge on any atom is -0.370 e. The van der Waals surface area contributed by atoms with Crippen molar-refractivity contribution in [3.8, 4) is 0 Å². The molecule has 0 bridgehead atoms. The minimum atomic E-state index is -0.576. The van der Waals surface area contributed by atoms with Crippen LogP contribution in [-0.4, -0.2) is 66.9 Å². The fourth-order valence-corrected chi connectivity index (χ4v) is 4.49. The van der Waals surface area contributed by atoms with E-state index in [0.717, 1.165) is 0 Å². The first-order chi connectivity index (χ1) is 22.2. The van der Waals surface area contributed by atoms with Gasteiger partial charge < -0.3 is 52.3 Å². The van der Waals surface area contributed by atoms with Gasteiger partial charge in [0.1, 0.15) is 17.1 Å². The number of aryl methyl sites for hydroxylation is 2. The topological polar surface area (TPSA) is 265 Å². The Hall–Kier alpha value is -5.91. The lowest BCUT2D eigenvalue weighted by Crippen LogP contribution is -2.28. The molecule has 0 aromatic carbocycles. The predicted octanol–water partition coefficient (Wildman–Crippen LogP) is 2.84. The number of hydrogen-bond donors (Lipinski definition) is 10. The fraction of sp³-hybridized carbons (Fsp3) is 0.207. The Labute approximate surface area is 275 Å². The Morgan fingerprint density at radius 3 is 1.89 bits per heavy atom. The molecule has 6 amide bonds. The van der Waals surface area contributed by atoms with Gasteiger partial charge in [-0.3, -0.25) is 28.8 Å². The summed E-state index contributed by atoms with van der Waals surface area (Å²) in [6, 6.07) is 1.60. The van der Waals surface area contributed by atoms with Gasteiger partial charge >= 0.3 is 0 Å². The number of amides is 6. The van der Waals surface area contributed by atoms with Crippen LogP contribution in [0.25, 0.3) is 0 Å². The van der Waals surface area contributed by atoms with E-state index in [4.69, 9.17) is 5.73 Å². The van der Waals surface area contributed by atoms with Crippen LogP contribution in [0.1, 0.15) is 71.0 Å². The highest BCUT2D eigenvalue weighted by Crippen LogP contribution is 2.25. The van der Waals surface area contributed by atoms with Crippen molar-refractivity contribution in [2.75, 3.05) is 27.8 Å². The first-order valence-electron chi connectivity index (χ1n) is 13.9. The summed E-state index contributed by atoms with van der Waals surface area (Å²) in [6.45, 7) is 10.2. The Balaban J connectivity index is 1.41. The van der Waals surface area contributed by atoms with Crippen molar-refractivity contribution in [2.45, 2.75) is 34.1 Å². The molecule has 18 heteroatoms. The summed E-state index contributed by atoms with van der Waals surface area (Å²) in [7, 11) is 0. The largest absolute Gasteiger partial charge is 0.370 e. The monoisotopic (exact) mass is 709 g/mol.